The first-order valence-corrected chi connectivity index (χ1v) is 11.8. The number of amides is 5. The molecule has 0 radical (unpaired) electrons. The maximum Gasteiger partial charge on any atom is 0.324 e. The van der Waals surface area contributed by atoms with Crippen molar-refractivity contribution in [2.24, 2.45) is 0 Å². The monoisotopic (exact) mass is 465 g/mol. The average molecular weight is 466 g/mol. The molecule has 1 aliphatic carbocycles. The minimum Gasteiger partial charge on any atom is -0.345 e. The Morgan fingerprint density at radius 2 is 1.65 bits per heavy atom. The summed E-state index contributed by atoms with van der Waals surface area (Å²) in [5.74, 6) is -0.794. The number of nitrogens with zero attached hydrogens (tertiary/aromatic N) is 2. The third kappa shape index (κ3) is 5.13. The normalized spacial score (nSPS) is 16.5. The van der Waals surface area contributed by atoms with Crippen molar-refractivity contribution in [2.45, 2.75) is 58.4 Å². The largest absolute Gasteiger partial charge is 0.345 e. The zero-order valence-electron chi connectivity index (χ0n) is 19.6. The molecule has 2 aliphatic rings. The average Bonchev–Trinajstić information content (AvgIpc) is 3.31. The van der Waals surface area contributed by atoms with Crippen LogP contribution < -0.4 is 16.0 Å². The molecule has 4 rings (SSSR count). The molecule has 2 aromatic rings. The van der Waals surface area contributed by atoms with Crippen LogP contribution >= 0.6 is 0 Å². The second-order valence-corrected chi connectivity index (χ2v) is 8.98. The molecule has 3 N–H and O–H groups in total. The van der Waals surface area contributed by atoms with Gasteiger partial charge in [0.25, 0.3) is 5.91 Å². The van der Waals surface area contributed by atoms with E-state index in [1.165, 1.54) is 19.3 Å². The molecule has 2 fully saturated rings. The highest BCUT2D eigenvalue weighted by Crippen LogP contribution is 2.32. The van der Waals surface area contributed by atoms with Crippen molar-refractivity contribution in [3.05, 3.63) is 47.3 Å². The lowest BCUT2D eigenvalue weighted by atomic mass is 9.95. The lowest BCUT2D eigenvalue weighted by molar-refractivity contribution is -0.125. The molecule has 1 saturated heterocycles. The summed E-state index contributed by atoms with van der Waals surface area (Å²) in [6.07, 6.45) is 6.08. The van der Waals surface area contributed by atoms with E-state index < -0.39 is 6.03 Å². The zero-order valence-corrected chi connectivity index (χ0v) is 19.6. The van der Waals surface area contributed by atoms with E-state index in [9.17, 15) is 19.2 Å². The Kier molecular flexibility index (Phi) is 7.00. The Balaban J connectivity index is 1.33. The number of anilines is 2. The van der Waals surface area contributed by atoms with Gasteiger partial charge in [-0.2, -0.15) is 0 Å². The van der Waals surface area contributed by atoms with Gasteiger partial charge in [-0.25, -0.2) is 4.79 Å². The number of benzene rings is 1. The van der Waals surface area contributed by atoms with Crippen LogP contribution in [0.15, 0.2) is 30.3 Å². The summed E-state index contributed by atoms with van der Waals surface area (Å²) in [6.45, 7) is 4.07. The molecule has 180 valence electrons. The third-order valence-corrected chi connectivity index (χ3v) is 6.59. The Morgan fingerprint density at radius 3 is 2.26 bits per heavy atom. The van der Waals surface area contributed by atoms with Gasteiger partial charge in [0.1, 0.15) is 0 Å². The molecule has 9 heteroatoms. The summed E-state index contributed by atoms with van der Waals surface area (Å²) < 4.78 is 2.31. The fraction of sp³-hybridized carbons (Fsp3) is 0.440. The molecule has 1 aromatic heterocycles. The van der Waals surface area contributed by atoms with Gasteiger partial charge in [-0.1, -0.05) is 19.3 Å². The number of aryl methyl sites for hydroxylation is 1. The van der Waals surface area contributed by atoms with Gasteiger partial charge in [-0.05, 0) is 57.0 Å². The molecule has 2 heterocycles. The van der Waals surface area contributed by atoms with Crippen LogP contribution in [0.1, 0.15) is 66.3 Å². The molecule has 0 unspecified atom stereocenters. The highest BCUT2D eigenvalue weighted by atomic mass is 16.2. The Morgan fingerprint density at radius 1 is 1.00 bits per heavy atom. The van der Waals surface area contributed by atoms with Crippen molar-refractivity contribution < 1.29 is 19.2 Å². The van der Waals surface area contributed by atoms with Gasteiger partial charge in [-0.3, -0.25) is 19.3 Å². The first-order chi connectivity index (χ1) is 16.3. The van der Waals surface area contributed by atoms with Crippen molar-refractivity contribution >= 4 is 35.1 Å². The number of imide groups is 1. The molecule has 0 atom stereocenters. The zero-order chi connectivity index (χ0) is 24.2. The smallest absolute Gasteiger partial charge is 0.324 e. The number of rotatable bonds is 7. The minimum absolute atomic E-state index is 0.00819. The van der Waals surface area contributed by atoms with E-state index in [0.717, 1.165) is 29.1 Å². The second-order valence-electron chi connectivity index (χ2n) is 8.98. The van der Waals surface area contributed by atoms with Crippen molar-refractivity contribution in [3.8, 4) is 0 Å². The van der Waals surface area contributed by atoms with Crippen LogP contribution in [0.2, 0.25) is 0 Å². The minimum atomic E-state index is -0.475. The summed E-state index contributed by atoms with van der Waals surface area (Å²) in [4.78, 5) is 49.3. The van der Waals surface area contributed by atoms with Crippen LogP contribution in [0.5, 0.6) is 0 Å². The van der Waals surface area contributed by atoms with Gasteiger partial charge in [0.15, 0.2) is 0 Å². The molecule has 0 spiro atoms. The van der Waals surface area contributed by atoms with Gasteiger partial charge in [0.2, 0.25) is 11.8 Å². The summed E-state index contributed by atoms with van der Waals surface area (Å²) in [7, 11) is 0. The van der Waals surface area contributed by atoms with Crippen molar-refractivity contribution in [1.29, 1.82) is 0 Å². The van der Waals surface area contributed by atoms with Gasteiger partial charge < -0.3 is 20.5 Å². The van der Waals surface area contributed by atoms with Gasteiger partial charge >= 0.3 is 6.03 Å². The van der Waals surface area contributed by atoms with Crippen LogP contribution in [0.4, 0.5) is 16.2 Å². The molecule has 9 nitrogen and oxygen atoms in total. The number of hydrogen-bond donors (Lipinski definition) is 3. The van der Waals surface area contributed by atoms with Crippen LogP contribution in [-0.4, -0.2) is 46.3 Å². The van der Waals surface area contributed by atoms with Crippen molar-refractivity contribution in [1.82, 2.24) is 14.8 Å². The fourth-order valence-corrected chi connectivity index (χ4v) is 4.86. The van der Waals surface area contributed by atoms with E-state index in [-0.39, 0.29) is 37.2 Å². The van der Waals surface area contributed by atoms with Crippen LogP contribution in [0.3, 0.4) is 0 Å². The summed E-state index contributed by atoms with van der Waals surface area (Å²) >= 11 is 0. The summed E-state index contributed by atoms with van der Waals surface area (Å²) in [5.41, 5.74) is 3.98. The Bertz CT molecular complexity index is 1080. The fourth-order valence-electron chi connectivity index (χ4n) is 4.86. The second kappa shape index (κ2) is 10.1. The van der Waals surface area contributed by atoms with Gasteiger partial charge in [0.05, 0.1) is 12.1 Å². The molecule has 1 aliphatic heterocycles. The molecule has 1 aromatic carbocycles. The van der Waals surface area contributed by atoms with E-state index >= 15 is 0 Å². The topological polar surface area (TPSA) is 113 Å². The predicted molar refractivity (Wildman–Crippen MR) is 129 cm³/mol. The van der Waals surface area contributed by atoms with E-state index in [1.54, 1.807) is 24.3 Å². The molecule has 5 amide bonds. The van der Waals surface area contributed by atoms with Crippen molar-refractivity contribution in [3.63, 3.8) is 0 Å². The number of urea groups is 1. The molecular formula is C25H31N5O4. The maximum absolute atomic E-state index is 13.0. The highest BCUT2D eigenvalue weighted by molar-refractivity contribution is 6.05. The Hall–Kier alpha value is -3.62. The van der Waals surface area contributed by atoms with Crippen LogP contribution in [0.25, 0.3) is 0 Å². The molecule has 0 bridgehead atoms. The maximum atomic E-state index is 13.0. The first-order valence-electron chi connectivity index (χ1n) is 11.8. The third-order valence-electron chi connectivity index (χ3n) is 6.59. The number of carbonyl (C=O) groups excluding carboxylic acids is 4. The van der Waals surface area contributed by atoms with Crippen LogP contribution in [0, 0.1) is 13.8 Å². The molecule has 1 saturated carbocycles. The quantitative estimate of drug-likeness (QED) is 0.541. The first kappa shape index (κ1) is 23.5. The van der Waals surface area contributed by atoms with Gasteiger partial charge in [0, 0.05) is 41.8 Å². The Labute approximate surface area is 198 Å². The van der Waals surface area contributed by atoms with E-state index in [2.05, 4.69) is 27.4 Å². The standard InChI is InChI=1S/C25H31N5O4/c1-16-14-21(17(2)30(16)20-6-4-3-5-7-20)24(33)28-19-10-8-18(9-11-19)27-22(31)12-13-29-23(32)15-26-25(29)34/h8-11,14,20H,3-7,12-13,15H2,1-2H3,(H,26,34)(H,27,31)(H,28,33). The summed E-state index contributed by atoms with van der Waals surface area (Å²) in [6, 6.07) is 8.81. The molecular weight excluding hydrogens is 434 g/mol. The highest BCUT2D eigenvalue weighted by Gasteiger charge is 2.28. The SMILES string of the molecule is Cc1cc(C(=O)Nc2ccc(NC(=O)CCN3C(=O)CNC3=O)cc2)c(C)n1C1CCCCC1. The van der Waals surface area contributed by atoms with E-state index in [4.69, 9.17) is 0 Å². The van der Waals surface area contributed by atoms with E-state index in [0.29, 0.717) is 23.0 Å². The van der Waals surface area contributed by atoms with E-state index in [1.807, 2.05) is 13.0 Å². The number of aromatic nitrogens is 1. The molecule has 34 heavy (non-hydrogen) atoms. The number of hydrogen-bond acceptors (Lipinski definition) is 4. The summed E-state index contributed by atoms with van der Waals surface area (Å²) in [5, 5.41) is 8.10. The lowest BCUT2D eigenvalue weighted by Crippen LogP contribution is -2.33. The predicted octanol–water partition coefficient (Wildman–Crippen LogP) is 3.74. The van der Waals surface area contributed by atoms with Gasteiger partial charge in [-0.15, -0.1) is 0 Å². The van der Waals surface area contributed by atoms with Crippen molar-refractivity contribution in [2.75, 3.05) is 23.7 Å². The lowest BCUT2D eigenvalue weighted by Gasteiger charge is -2.26. The number of nitrogens with one attached hydrogen (secondary N) is 3. The van der Waals surface area contributed by atoms with Crippen LogP contribution in [-0.2, 0) is 9.59 Å². The number of carbonyl (C=O) groups is 4.